The summed E-state index contributed by atoms with van der Waals surface area (Å²) in [5.74, 6) is -5.72. The number of thiazole rings is 3. The molecule has 0 radical (unpaired) electrons. The van der Waals surface area contributed by atoms with Crippen LogP contribution in [0.2, 0.25) is 0 Å². The fourth-order valence-corrected chi connectivity index (χ4v) is 21.5. The van der Waals surface area contributed by atoms with Gasteiger partial charge in [0.1, 0.15) is 32.5 Å². The molecule has 12 rings (SSSR count). The monoisotopic (exact) mass is 1900 g/mol. The van der Waals surface area contributed by atoms with Gasteiger partial charge in [-0.1, -0.05) is 125 Å². The van der Waals surface area contributed by atoms with Crippen LogP contribution in [-0.2, 0) is 53.8 Å². The van der Waals surface area contributed by atoms with Crippen LogP contribution < -0.4 is 49.2 Å². The summed E-state index contributed by atoms with van der Waals surface area (Å²) in [6.45, 7) is 34.1. The zero-order chi connectivity index (χ0) is 96.5. The molecule has 0 atom stereocenters. The maximum Gasteiger partial charge on any atom is 0.481 e. The van der Waals surface area contributed by atoms with E-state index in [1.165, 1.54) is 92.2 Å². The van der Waals surface area contributed by atoms with E-state index in [1.807, 2.05) is 0 Å². The molecule has 0 bridgehead atoms. The van der Waals surface area contributed by atoms with Crippen molar-refractivity contribution in [1.29, 1.82) is 0 Å². The first-order valence-corrected chi connectivity index (χ1v) is 44.5. The molecule has 0 aliphatic rings. The molecule has 6 amide bonds. The molecule has 0 aliphatic carbocycles. The number of pyridine rings is 6. The third-order valence-electron chi connectivity index (χ3n) is 20.8. The number of amides is 6. The van der Waals surface area contributed by atoms with Crippen molar-refractivity contribution in [3.63, 3.8) is 0 Å². The van der Waals surface area contributed by atoms with Gasteiger partial charge in [0.2, 0.25) is 0 Å². The molecule has 0 unspecified atom stereocenters. The number of carbonyl (C=O) groups excluding carboxylic acids is 3. The van der Waals surface area contributed by atoms with E-state index in [0.29, 0.717) is 34.0 Å². The first-order chi connectivity index (χ1) is 60.7. The topological polar surface area (TPSA) is 428 Å². The van der Waals surface area contributed by atoms with Gasteiger partial charge in [0.25, 0.3) is 17.7 Å². The predicted molar refractivity (Wildman–Crippen MR) is 470 cm³/mol. The van der Waals surface area contributed by atoms with Crippen LogP contribution in [-0.4, -0.2) is 112 Å². The standard InChI is InChI=1S/C84H93F9N21O13PS3/c1-22-97-67(115)106-58-28-49(64-103-55(40-129-64)79(85,86)87)52(37-100-58)43-25-46(34-94-31-43)61-109-112(70(118)122-61)82(73(4,5)6,74(7,8)9)125-128(121,126-83(75(10,11)12,76(13,14)15)113-71(119)123-62(110-113)47-26-44(32-95-35-47)53-38-101-59(107-68(116)98-23-2)29-50(53)65-104-56(41-130-65)80(88,89)90)127-84(77(16,17)18,78(19,20)21)114-72(120)124-63(111-114)48-27-45(33-96-36-48)54-39-102-60(108-69(117)99-24-3)30-51(54)66-105-57(42-131-66)81(91,92)93/h25-42H,22-24H2,1-21H3,(H2,97,100,106,115)(H2,98,101,107,116)(H2,99,102,108,117). The second-order valence-electron chi connectivity index (χ2n) is 36.2. The molecule has 0 spiro atoms. The Hall–Kier alpha value is -12.1. The maximum atomic E-state index is 18.9. The predicted octanol–water partition coefficient (Wildman–Crippen LogP) is 20.2. The summed E-state index contributed by atoms with van der Waals surface area (Å²) in [6, 6.07) is 6.12. The summed E-state index contributed by atoms with van der Waals surface area (Å²) in [6.07, 6.45) is -3.15. The summed E-state index contributed by atoms with van der Waals surface area (Å²) in [5, 5.41) is 31.9. The number of anilines is 3. The Balaban J connectivity index is 1.08. The maximum absolute atomic E-state index is 18.9. The van der Waals surface area contributed by atoms with Crippen molar-refractivity contribution in [3.05, 3.63) is 157 Å². The van der Waals surface area contributed by atoms with Crippen molar-refractivity contribution in [2.24, 2.45) is 32.5 Å². The van der Waals surface area contributed by atoms with Crippen molar-refractivity contribution in [2.75, 3.05) is 35.6 Å². The zero-order valence-electron chi connectivity index (χ0n) is 74.6. The quantitative estimate of drug-likeness (QED) is 0.0242. The minimum absolute atomic E-state index is 0.0421. The number of urea groups is 3. The number of nitrogens with zero attached hydrogens (tertiary/aromatic N) is 15. The summed E-state index contributed by atoms with van der Waals surface area (Å²) in [5.41, 5.74) is -21.0. The Morgan fingerprint density at radius 3 is 0.794 bits per heavy atom. The third-order valence-corrected chi connectivity index (χ3v) is 24.9. The molecular weight excluding hydrogens is 1810 g/mol. The molecule has 0 saturated carbocycles. The van der Waals surface area contributed by atoms with Crippen molar-refractivity contribution in [1.82, 2.24) is 90.1 Å². The minimum Gasteiger partial charge on any atom is -0.387 e. The number of aromatic nitrogens is 15. The van der Waals surface area contributed by atoms with Gasteiger partial charge >= 0.3 is 61.7 Å². The number of halogens is 9. The number of phosphoric acid groups is 1. The average molecular weight is 1900 g/mol. The van der Waals surface area contributed by atoms with E-state index in [0.717, 1.165) is 30.2 Å². The first kappa shape index (κ1) is 97.9. The molecule has 12 aromatic rings. The number of hydrogen-bond acceptors (Lipinski definition) is 28. The van der Waals surface area contributed by atoms with Crippen LogP contribution in [0.25, 0.3) is 99.5 Å². The van der Waals surface area contributed by atoms with Gasteiger partial charge in [-0.25, -0.2) is 63.2 Å². The third kappa shape index (κ3) is 19.5. The highest BCUT2D eigenvalue weighted by Crippen LogP contribution is 2.72. The molecule has 698 valence electrons. The molecule has 12 heterocycles. The summed E-state index contributed by atoms with van der Waals surface area (Å²) in [7, 11) is -6.33. The molecule has 47 heteroatoms. The average Bonchev–Trinajstić information content (AvgIpc) is 1.68. The van der Waals surface area contributed by atoms with E-state index in [1.54, 1.807) is 145 Å². The molecule has 12 aromatic heterocycles. The van der Waals surface area contributed by atoms with Crippen LogP contribution in [0.5, 0.6) is 0 Å². The Morgan fingerprint density at radius 2 is 0.588 bits per heavy atom. The van der Waals surface area contributed by atoms with Gasteiger partial charge in [-0.05, 0) is 57.2 Å². The number of hydrogen-bond donors (Lipinski definition) is 6. The Kier molecular flexibility index (Phi) is 26.6. The van der Waals surface area contributed by atoms with Gasteiger partial charge in [-0.15, -0.1) is 49.3 Å². The number of alkyl halides is 9. The van der Waals surface area contributed by atoms with Crippen LogP contribution in [0.3, 0.4) is 0 Å². The number of rotatable bonds is 24. The van der Waals surface area contributed by atoms with Gasteiger partial charge in [0.15, 0.2) is 34.3 Å². The van der Waals surface area contributed by atoms with Gasteiger partial charge in [0, 0.05) is 174 Å². The summed E-state index contributed by atoms with van der Waals surface area (Å²) >= 11 is 1.93. The zero-order valence-corrected chi connectivity index (χ0v) is 77.9. The van der Waals surface area contributed by atoms with Crippen molar-refractivity contribution < 1.29 is 85.3 Å². The van der Waals surface area contributed by atoms with E-state index >= 15 is 18.9 Å². The van der Waals surface area contributed by atoms with Crippen LogP contribution in [0, 0.1) is 32.5 Å². The molecule has 0 saturated heterocycles. The SMILES string of the molecule is CCNC(=O)Nc1cc(-c2nc(C(F)(F)F)cs2)c(-c2cncc(-c3nn(C(OP(=O)(OC(n4nc(-c5cncc(-c6cnc(NC(=O)NCC)cc6-c6nc(C(F)(F)F)cs6)c5)oc4=O)(C(C)(C)C)C(C)(C)C)OC(n4nc(-c5cncc(-c6cnc(NC(=O)NCC)cc6-c6nc(C(F)(F)F)cs6)c5)oc4=O)(C(C)(C)C)C(C)(C)C)(C(C)(C)C)C(C)(C)C)c(=O)o3)c2)cn1. The number of nitrogens with one attached hydrogen (secondary N) is 6. The molecule has 131 heavy (non-hydrogen) atoms. The lowest BCUT2D eigenvalue weighted by atomic mass is 9.68. The molecule has 0 fully saturated rings. The van der Waals surface area contributed by atoms with E-state index in [2.05, 4.69) is 76.8 Å². The van der Waals surface area contributed by atoms with Gasteiger partial charge in [0.05, 0.1) is 16.7 Å². The Morgan fingerprint density at radius 1 is 0.359 bits per heavy atom. The van der Waals surface area contributed by atoms with E-state index in [4.69, 9.17) is 42.1 Å². The molecule has 0 aliphatic heterocycles. The normalized spacial score (nSPS) is 13.2. The summed E-state index contributed by atoms with van der Waals surface area (Å²) in [4.78, 5) is 124. The highest BCUT2D eigenvalue weighted by Gasteiger charge is 2.70. The second kappa shape index (κ2) is 35.5. The number of carbonyl (C=O) groups is 3. The van der Waals surface area contributed by atoms with Crippen molar-refractivity contribution in [3.8, 4) is 99.5 Å². The Labute approximate surface area is 754 Å². The molecule has 34 nitrogen and oxygen atoms in total. The summed E-state index contributed by atoms with van der Waals surface area (Å²) < 4.78 is 191. The van der Waals surface area contributed by atoms with Crippen LogP contribution >= 0.6 is 41.8 Å². The van der Waals surface area contributed by atoms with Crippen LogP contribution in [0.15, 0.2) is 136 Å². The van der Waals surface area contributed by atoms with Crippen molar-refractivity contribution in [2.45, 2.75) is 181 Å². The largest absolute Gasteiger partial charge is 0.481 e. The second-order valence-corrected chi connectivity index (χ2v) is 40.2. The fraction of sp³-hybridized carbons (Fsp3) is 0.429. The highest BCUT2D eigenvalue weighted by molar-refractivity contribution is 7.48. The lowest BCUT2D eigenvalue weighted by Gasteiger charge is -2.57. The fourth-order valence-electron chi connectivity index (χ4n) is 16.0. The molecule has 6 N–H and O–H groups in total. The lowest BCUT2D eigenvalue weighted by molar-refractivity contribution is -0.270. The van der Waals surface area contributed by atoms with Crippen molar-refractivity contribution >= 4 is 77.4 Å². The van der Waals surface area contributed by atoms with E-state index in [-0.39, 0.29) is 119 Å². The Bertz CT molecular complexity index is 5890. The number of phosphoric ester groups is 1. The van der Waals surface area contributed by atoms with Crippen LogP contribution in [0.4, 0.5) is 71.4 Å². The van der Waals surface area contributed by atoms with E-state index < -0.39 is 146 Å². The molecule has 0 aromatic carbocycles. The highest BCUT2D eigenvalue weighted by atomic mass is 32.1. The van der Waals surface area contributed by atoms with Crippen LogP contribution in [0.1, 0.15) is 162 Å². The van der Waals surface area contributed by atoms with Gasteiger partial charge in [-0.3, -0.25) is 44.5 Å². The van der Waals surface area contributed by atoms with Gasteiger partial charge < -0.3 is 29.2 Å². The first-order valence-electron chi connectivity index (χ1n) is 40.4. The van der Waals surface area contributed by atoms with E-state index in [9.17, 15) is 53.9 Å². The lowest BCUT2D eigenvalue weighted by Crippen LogP contribution is -2.63. The minimum atomic E-state index is -6.33. The van der Waals surface area contributed by atoms with Gasteiger partial charge in [-0.2, -0.15) is 53.6 Å². The smallest absolute Gasteiger partial charge is 0.387 e. The molecular formula is C84H93F9N21O13PS3.